The van der Waals surface area contributed by atoms with Crippen molar-refractivity contribution in [3.05, 3.63) is 0 Å². The van der Waals surface area contributed by atoms with Crippen molar-refractivity contribution < 1.29 is 39.3 Å². The molecule has 0 aromatic carbocycles. The van der Waals surface area contributed by atoms with Crippen molar-refractivity contribution in [1.82, 2.24) is 16.0 Å². The molecule has 0 aromatic heterocycles. The topological polar surface area (TPSA) is 234 Å². The Morgan fingerprint density at radius 1 is 0.935 bits per heavy atom. The SMILES string of the molecule is CCC(C)C(NC(=O)C(CCC(N)=O)NC(=O)C(N)CO)C(=O)NC(C(=O)O)C(C)O. The Balaban J connectivity index is 5.56. The number of aliphatic hydroxyl groups excluding tert-OH is 2. The molecule has 0 radical (unpaired) electrons. The quantitative estimate of drug-likeness (QED) is 0.132. The number of primary amides is 1. The van der Waals surface area contributed by atoms with Gasteiger partial charge in [0.2, 0.25) is 23.6 Å². The van der Waals surface area contributed by atoms with Crippen molar-refractivity contribution in [1.29, 1.82) is 0 Å². The first kappa shape index (κ1) is 28.2. The van der Waals surface area contributed by atoms with Crippen LogP contribution in [0.3, 0.4) is 0 Å². The van der Waals surface area contributed by atoms with Gasteiger partial charge in [-0.1, -0.05) is 20.3 Å². The predicted octanol–water partition coefficient (Wildman–Crippen LogP) is -3.46. The molecule has 0 aliphatic rings. The fourth-order valence-corrected chi connectivity index (χ4v) is 2.50. The van der Waals surface area contributed by atoms with Crippen LogP contribution in [0.15, 0.2) is 0 Å². The molecule has 0 aromatic rings. The van der Waals surface area contributed by atoms with Crippen molar-refractivity contribution in [2.45, 2.75) is 70.3 Å². The van der Waals surface area contributed by atoms with Crippen molar-refractivity contribution in [2.75, 3.05) is 6.61 Å². The van der Waals surface area contributed by atoms with E-state index in [-0.39, 0.29) is 12.8 Å². The monoisotopic (exact) mass is 447 g/mol. The molecule has 31 heavy (non-hydrogen) atoms. The normalized spacial score (nSPS) is 16.7. The van der Waals surface area contributed by atoms with Gasteiger partial charge in [0.05, 0.1) is 12.7 Å². The zero-order chi connectivity index (χ0) is 24.3. The molecular formula is C18H33N5O8. The second-order valence-electron chi connectivity index (χ2n) is 7.29. The third-order valence-corrected chi connectivity index (χ3v) is 4.69. The number of nitrogens with one attached hydrogen (secondary N) is 3. The maximum absolute atomic E-state index is 12.8. The van der Waals surface area contributed by atoms with Crippen LogP contribution >= 0.6 is 0 Å². The maximum Gasteiger partial charge on any atom is 0.328 e. The molecule has 0 saturated carbocycles. The average Bonchev–Trinajstić information content (AvgIpc) is 2.70. The molecule has 0 heterocycles. The van der Waals surface area contributed by atoms with Gasteiger partial charge in [0, 0.05) is 6.42 Å². The van der Waals surface area contributed by atoms with Gasteiger partial charge in [-0.05, 0) is 19.3 Å². The number of carbonyl (C=O) groups is 5. The molecule has 0 rings (SSSR count). The standard InChI is InChI=1S/C18H33N5O8/c1-4-8(2)13(17(29)23-14(9(3)25)18(30)31)22-16(28)11(5-6-12(20)26)21-15(27)10(19)7-24/h8-11,13-14,24-25H,4-7,19H2,1-3H3,(H2,20,26)(H,21,27)(H,22,28)(H,23,29)(H,30,31). The van der Waals surface area contributed by atoms with Crippen molar-refractivity contribution >= 4 is 29.6 Å². The lowest BCUT2D eigenvalue weighted by Gasteiger charge is -2.28. The Labute approximate surface area is 179 Å². The number of carboxylic acids is 1. The van der Waals surface area contributed by atoms with E-state index in [2.05, 4.69) is 16.0 Å². The van der Waals surface area contributed by atoms with E-state index in [0.29, 0.717) is 6.42 Å². The average molecular weight is 447 g/mol. The van der Waals surface area contributed by atoms with Crippen LogP contribution in [0.25, 0.3) is 0 Å². The van der Waals surface area contributed by atoms with Gasteiger partial charge in [-0.2, -0.15) is 0 Å². The lowest BCUT2D eigenvalue weighted by molar-refractivity contribution is -0.145. The van der Waals surface area contributed by atoms with Gasteiger partial charge in [-0.25, -0.2) is 4.79 Å². The Hall–Kier alpha value is -2.77. The molecule has 0 saturated heterocycles. The van der Waals surface area contributed by atoms with Crippen LogP contribution in [0.5, 0.6) is 0 Å². The molecule has 4 amide bonds. The molecule has 0 aliphatic heterocycles. The Morgan fingerprint density at radius 2 is 1.48 bits per heavy atom. The van der Waals surface area contributed by atoms with Crippen LogP contribution in [0, 0.1) is 5.92 Å². The van der Waals surface area contributed by atoms with E-state index in [1.807, 2.05) is 0 Å². The summed E-state index contributed by atoms with van der Waals surface area (Å²) in [7, 11) is 0. The zero-order valence-corrected chi connectivity index (χ0v) is 17.8. The molecule has 13 heteroatoms. The van der Waals surface area contributed by atoms with E-state index in [4.69, 9.17) is 21.7 Å². The fraction of sp³-hybridized carbons (Fsp3) is 0.722. The predicted molar refractivity (Wildman–Crippen MR) is 108 cm³/mol. The van der Waals surface area contributed by atoms with Crippen molar-refractivity contribution in [2.24, 2.45) is 17.4 Å². The molecule has 0 aliphatic carbocycles. The Kier molecular flexibility index (Phi) is 12.3. The first-order valence-corrected chi connectivity index (χ1v) is 9.82. The third-order valence-electron chi connectivity index (χ3n) is 4.69. The van der Waals surface area contributed by atoms with Gasteiger partial charge in [-0.15, -0.1) is 0 Å². The molecule has 0 fully saturated rings. The van der Waals surface area contributed by atoms with Crippen LogP contribution in [-0.4, -0.2) is 81.8 Å². The van der Waals surface area contributed by atoms with E-state index in [1.54, 1.807) is 13.8 Å². The number of carbonyl (C=O) groups excluding carboxylic acids is 4. The molecule has 13 nitrogen and oxygen atoms in total. The first-order valence-electron chi connectivity index (χ1n) is 9.82. The van der Waals surface area contributed by atoms with Gasteiger partial charge in [0.1, 0.15) is 18.1 Å². The number of amides is 4. The van der Waals surface area contributed by atoms with E-state index in [1.165, 1.54) is 6.92 Å². The highest BCUT2D eigenvalue weighted by Crippen LogP contribution is 2.10. The smallest absolute Gasteiger partial charge is 0.328 e. The Morgan fingerprint density at radius 3 is 1.90 bits per heavy atom. The highest BCUT2D eigenvalue weighted by Gasteiger charge is 2.34. The lowest BCUT2D eigenvalue weighted by Crippen LogP contribution is -2.60. The number of carboxylic acid groups (broad SMARTS) is 1. The van der Waals surface area contributed by atoms with E-state index in [0.717, 1.165) is 0 Å². The third kappa shape index (κ3) is 9.72. The van der Waals surface area contributed by atoms with Crippen LogP contribution in [0.2, 0.25) is 0 Å². The van der Waals surface area contributed by atoms with Crippen LogP contribution in [0.4, 0.5) is 0 Å². The second kappa shape index (κ2) is 13.5. The van der Waals surface area contributed by atoms with Gasteiger partial charge in [0.15, 0.2) is 6.04 Å². The number of aliphatic carboxylic acids is 1. The van der Waals surface area contributed by atoms with Gasteiger partial charge in [0.25, 0.3) is 0 Å². The maximum atomic E-state index is 12.8. The first-order chi connectivity index (χ1) is 14.3. The molecule has 6 atom stereocenters. The second-order valence-corrected chi connectivity index (χ2v) is 7.29. The molecule has 6 unspecified atom stereocenters. The van der Waals surface area contributed by atoms with E-state index < -0.39 is 72.4 Å². The number of hydrogen-bond donors (Lipinski definition) is 8. The molecule has 0 bridgehead atoms. The summed E-state index contributed by atoms with van der Waals surface area (Å²) in [4.78, 5) is 59.7. The summed E-state index contributed by atoms with van der Waals surface area (Å²) >= 11 is 0. The highest BCUT2D eigenvalue weighted by molar-refractivity contribution is 5.94. The van der Waals surface area contributed by atoms with Crippen LogP contribution in [0.1, 0.15) is 40.0 Å². The minimum Gasteiger partial charge on any atom is -0.480 e. The summed E-state index contributed by atoms with van der Waals surface area (Å²) in [6, 6.07) is -5.38. The minimum atomic E-state index is -1.59. The summed E-state index contributed by atoms with van der Waals surface area (Å²) < 4.78 is 0. The largest absolute Gasteiger partial charge is 0.480 e. The number of aliphatic hydroxyl groups is 2. The van der Waals surface area contributed by atoms with Gasteiger partial charge in [-0.3, -0.25) is 19.2 Å². The lowest BCUT2D eigenvalue weighted by atomic mass is 9.96. The molecule has 178 valence electrons. The van der Waals surface area contributed by atoms with Crippen LogP contribution in [-0.2, 0) is 24.0 Å². The number of hydrogen-bond acceptors (Lipinski definition) is 8. The highest BCUT2D eigenvalue weighted by atomic mass is 16.4. The number of nitrogens with two attached hydrogens (primary N) is 2. The van der Waals surface area contributed by atoms with Gasteiger partial charge >= 0.3 is 5.97 Å². The van der Waals surface area contributed by atoms with Crippen molar-refractivity contribution in [3.63, 3.8) is 0 Å². The molecule has 10 N–H and O–H groups in total. The van der Waals surface area contributed by atoms with Gasteiger partial charge < -0.3 is 42.7 Å². The summed E-state index contributed by atoms with van der Waals surface area (Å²) in [5.74, 6) is -5.15. The van der Waals surface area contributed by atoms with E-state index >= 15 is 0 Å². The Bertz CT molecular complexity index is 657. The molecular weight excluding hydrogens is 414 g/mol. The fourth-order valence-electron chi connectivity index (χ4n) is 2.50. The molecule has 0 spiro atoms. The zero-order valence-electron chi connectivity index (χ0n) is 17.8. The minimum absolute atomic E-state index is 0.189. The van der Waals surface area contributed by atoms with Crippen LogP contribution < -0.4 is 27.4 Å². The summed E-state index contributed by atoms with van der Waals surface area (Å²) in [6.07, 6.45) is -1.41. The summed E-state index contributed by atoms with van der Waals surface area (Å²) in [5, 5.41) is 34.6. The van der Waals surface area contributed by atoms with Crippen molar-refractivity contribution in [3.8, 4) is 0 Å². The summed E-state index contributed by atoms with van der Waals surface area (Å²) in [5.41, 5.74) is 10.5. The summed E-state index contributed by atoms with van der Waals surface area (Å²) in [6.45, 7) is 3.90. The van der Waals surface area contributed by atoms with E-state index in [9.17, 15) is 29.1 Å². The number of rotatable bonds is 14.